The number of rotatable bonds is 4. The van der Waals surface area contributed by atoms with Crippen LogP contribution in [0, 0.1) is 0 Å². The molecule has 0 bridgehead atoms. The maximum absolute atomic E-state index is 12.7. The van der Waals surface area contributed by atoms with E-state index in [9.17, 15) is 13.2 Å². The third kappa shape index (κ3) is 4.13. The highest BCUT2D eigenvalue weighted by Gasteiger charge is 2.32. The maximum atomic E-state index is 12.7. The van der Waals surface area contributed by atoms with Gasteiger partial charge in [0.2, 0.25) is 5.91 Å². The number of carbonyl (C=O) groups excluding carboxylic acids is 1. The van der Waals surface area contributed by atoms with Gasteiger partial charge in [-0.15, -0.1) is 0 Å². The molecule has 0 saturated carbocycles. The summed E-state index contributed by atoms with van der Waals surface area (Å²) in [5.41, 5.74) is 0.947. The number of methoxy groups -OCH3 is 1. The van der Waals surface area contributed by atoms with E-state index < -0.39 is 15.1 Å². The molecule has 0 spiro atoms. The lowest BCUT2D eigenvalue weighted by Crippen LogP contribution is -2.41. The van der Waals surface area contributed by atoms with E-state index in [-0.39, 0.29) is 5.91 Å². The van der Waals surface area contributed by atoms with Gasteiger partial charge in [-0.2, -0.15) is 0 Å². The molecule has 0 unspecified atom stereocenters. The van der Waals surface area contributed by atoms with E-state index in [1.807, 2.05) is 13.8 Å². The highest BCUT2D eigenvalue weighted by Crippen LogP contribution is 2.26. The predicted octanol–water partition coefficient (Wildman–Crippen LogP) is 2.43. The Morgan fingerprint density at radius 2 is 1.74 bits per heavy atom. The van der Waals surface area contributed by atoms with E-state index in [2.05, 4.69) is 0 Å². The standard InChI is InChI=1S/C17H23NO4S/c1-13(2)12-17(19)18-10-8-16(9-11-18)23(20,21)15-6-4-14(22-3)5-7-15/h4-7,12,16H,8-11H2,1-3H3. The topological polar surface area (TPSA) is 63.7 Å². The van der Waals surface area contributed by atoms with Crippen molar-refractivity contribution in [2.45, 2.75) is 36.8 Å². The van der Waals surface area contributed by atoms with Crippen LogP contribution in [-0.2, 0) is 14.6 Å². The van der Waals surface area contributed by atoms with E-state index in [0.29, 0.717) is 36.6 Å². The fourth-order valence-corrected chi connectivity index (χ4v) is 4.41. The summed E-state index contributed by atoms with van der Waals surface area (Å²) >= 11 is 0. The SMILES string of the molecule is COc1ccc(S(=O)(=O)C2CCN(C(=O)C=C(C)C)CC2)cc1. The van der Waals surface area contributed by atoms with Crippen molar-refractivity contribution in [2.75, 3.05) is 20.2 Å². The Morgan fingerprint density at radius 1 is 1.17 bits per heavy atom. The van der Waals surface area contributed by atoms with Crippen molar-refractivity contribution in [3.63, 3.8) is 0 Å². The average molecular weight is 337 g/mol. The molecular weight excluding hydrogens is 314 g/mol. The van der Waals surface area contributed by atoms with Gasteiger partial charge in [-0.1, -0.05) is 5.57 Å². The van der Waals surface area contributed by atoms with Crippen LogP contribution in [0.4, 0.5) is 0 Å². The number of sulfone groups is 1. The van der Waals surface area contributed by atoms with Crippen LogP contribution in [0.2, 0.25) is 0 Å². The van der Waals surface area contributed by atoms with Crippen molar-refractivity contribution >= 4 is 15.7 Å². The first-order valence-electron chi connectivity index (χ1n) is 7.66. The van der Waals surface area contributed by atoms with Crippen LogP contribution in [-0.4, -0.2) is 44.7 Å². The van der Waals surface area contributed by atoms with Gasteiger partial charge in [-0.05, 0) is 51.0 Å². The fraction of sp³-hybridized carbons (Fsp3) is 0.471. The Balaban J connectivity index is 2.06. The van der Waals surface area contributed by atoms with Crippen LogP contribution in [0.3, 0.4) is 0 Å². The smallest absolute Gasteiger partial charge is 0.246 e. The molecule has 1 amide bonds. The zero-order valence-electron chi connectivity index (χ0n) is 13.8. The van der Waals surface area contributed by atoms with E-state index in [1.54, 1.807) is 42.4 Å². The molecule has 1 saturated heterocycles. The summed E-state index contributed by atoms with van der Waals surface area (Å²) < 4.78 is 30.4. The van der Waals surface area contributed by atoms with Gasteiger partial charge in [-0.3, -0.25) is 4.79 Å². The number of ether oxygens (including phenoxy) is 1. The number of benzene rings is 1. The maximum Gasteiger partial charge on any atom is 0.246 e. The van der Waals surface area contributed by atoms with Crippen LogP contribution in [0.1, 0.15) is 26.7 Å². The third-order valence-corrected chi connectivity index (χ3v) is 6.27. The summed E-state index contributed by atoms with van der Waals surface area (Å²) in [5.74, 6) is 0.594. The second-order valence-electron chi connectivity index (χ2n) is 5.97. The van der Waals surface area contributed by atoms with Gasteiger partial charge < -0.3 is 9.64 Å². The Bertz CT molecular complexity index is 680. The molecule has 1 aromatic rings. The highest BCUT2D eigenvalue weighted by atomic mass is 32.2. The number of amides is 1. The van der Waals surface area contributed by atoms with E-state index in [1.165, 1.54) is 0 Å². The van der Waals surface area contributed by atoms with Crippen LogP contribution in [0.25, 0.3) is 0 Å². The van der Waals surface area contributed by atoms with E-state index >= 15 is 0 Å². The molecule has 1 fully saturated rings. The molecule has 1 aliphatic heterocycles. The first kappa shape index (κ1) is 17.5. The molecule has 0 aliphatic carbocycles. The molecule has 1 heterocycles. The normalized spacial score (nSPS) is 16.0. The van der Waals surface area contributed by atoms with E-state index in [4.69, 9.17) is 4.74 Å². The van der Waals surface area contributed by atoms with E-state index in [0.717, 1.165) is 5.57 Å². The Hall–Kier alpha value is -1.82. The first-order chi connectivity index (χ1) is 10.8. The minimum atomic E-state index is -3.37. The van der Waals surface area contributed by atoms with Crippen molar-refractivity contribution < 1.29 is 17.9 Å². The molecule has 0 aromatic heterocycles. The number of nitrogens with zero attached hydrogens (tertiary/aromatic N) is 1. The van der Waals surface area contributed by atoms with Gasteiger partial charge in [0.25, 0.3) is 0 Å². The quantitative estimate of drug-likeness (QED) is 0.792. The summed E-state index contributed by atoms with van der Waals surface area (Å²) in [7, 11) is -1.82. The summed E-state index contributed by atoms with van der Waals surface area (Å²) in [6, 6.07) is 6.46. The molecule has 1 aliphatic rings. The monoisotopic (exact) mass is 337 g/mol. The van der Waals surface area contributed by atoms with Crippen LogP contribution >= 0.6 is 0 Å². The van der Waals surface area contributed by atoms with Crippen LogP contribution in [0.15, 0.2) is 40.8 Å². The number of likely N-dealkylation sites (tertiary alicyclic amines) is 1. The summed E-state index contributed by atoms with van der Waals surface area (Å²) in [6.07, 6.45) is 2.53. The third-order valence-electron chi connectivity index (χ3n) is 3.99. The summed E-state index contributed by atoms with van der Waals surface area (Å²) in [4.78, 5) is 14.0. The number of hydrogen-bond acceptors (Lipinski definition) is 4. The highest BCUT2D eigenvalue weighted by molar-refractivity contribution is 7.92. The zero-order valence-corrected chi connectivity index (χ0v) is 14.6. The van der Waals surface area contributed by atoms with Crippen molar-refractivity contribution in [1.82, 2.24) is 4.90 Å². The molecule has 6 heteroatoms. The molecule has 0 N–H and O–H groups in total. The molecule has 0 atom stereocenters. The van der Waals surface area contributed by atoms with Gasteiger partial charge in [0.1, 0.15) is 5.75 Å². The molecule has 23 heavy (non-hydrogen) atoms. The second-order valence-corrected chi connectivity index (χ2v) is 8.19. The molecule has 126 valence electrons. The van der Waals surface area contributed by atoms with Crippen molar-refractivity contribution in [3.05, 3.63) is 35.9 Å². The lowest BCUT2D eigenvalue weighted by molar-refractivity contribution is -0.126. The molecule has 0 radical (unpaired) electrons. The lowest BCUT2D eigenvalue weighted by Gasteiger charge is -2.31. The number of piperidine rings is 1. The zero-order chi connectivity index (χ0) is 17.0. The van der Waals surface area contributed by atoms with Gasteiger partial charge in [0.05, 0.1) is 17.3 Å². The van der Waals surface area contributed by atoms with Gasteiger partial charge in [0, 0.05) is 19.2 Å². The van der Waals surface area contributed by atoms with Gasteiger partial charge in [-0.25, -0.2) is 8.42 Å². The minimum absolute atomic E-state index is 0.0368. The minimum Gasteiger partial charge on any atom is -0.497 e. The number of hydrogen-bond donors (Lipinski definition) is 0. The van der Waals surface area contributed by atoms with Crippen molar-refractivity contribution in [1.29, 1.82) is 0 Å². The average Bonchev–Trinajstić information content (AvgIpc) is 2.54. The molecule has 1 aromatic carbocycles. The Morgan fingerprint density at radius 3 is 2.22 bits per heavy atom. The molecule has 5 nitrogen and oxygen atoms in total. The number of allylic oxidation sites excluding steroid dienone is 1. The lowest BCUT2D eigenvalue weighted by atomic mass is 10.1. The fourth-order valence-electron chi connectivity index (χ4n) is 2.68. The van der Waals surface area contributed by atoms with Gasteiger partial charge in [0.15, 0.2) is 9.84 Å². The largest absolute Gasteiger partial charge is 0.497 e. The van der Waals surface area contributed by atoms with Gasteiger partial charge >= 0.3 is 0 Å². The van der Waals surface area contributed by atoms with Crippen molar-refractivity contribution in [2.24, 2.45) is 0 Å². The Kier molecular flexibility index (Phi) is 5.46. The first-order valence-corrected chi connectivity index (χ1v) is 9.21. The summed E-state index contributed by atoms with van der Waals surface area (Å²) in [5, 5.41) is -0.438. The predicted molar refractivity (Wildman–Crippen MR) is 89.2 cm³/mol. The number of carbonyl (C=O) groups is 1. The summed E-state index contributed by atoms with van der Waals surface area (Å²) in [6.45, 7) is 4.70. The van der Waals surface area contributed by atoms with Crippen LogP contribution < -0.4 is 4.74 Å². The molecular formula is C17H23NO4S. The second kappa shape index (κ2) is 7.17. The molecule has 2 rings (SSSR count). The Labute approximate surface area is 137 Å². The van der Waals surface area contributed by atoms with Crippen LogP contribution in [0.5, 0.6) is 5.75 Å². The van der Waals surface area contributed by atoms with Crippen molar-refractivity contribution in [3.8, 4) is 5.75 Å².